The summed E-state index contributed by atoms with van der Waals surface area (Å²) >= 11 is 3.44. The van der Waals surface area contributed by atoms with E-state index < -0.39 is 0 Å². The lowest BCUT2D eigenvalue weighted by molar-refractivity contribution is -0.127. The number of benzene rings is 1. The lowest BCUT2D eigenvalue weighted by Crippen LogP contribution is -2.32. The first-order valence-electron chi connectivity index (χ1n) is 6.54. The quantitative estimate of drug-likeness (QED) is 0.852. The number of rotatable bonds is 4. The Bertz CT molecular complexity index is 459. The Kier molecular flexibility index (Phi) is 4.99. The van der Waals surface area contributed by atoms with Gasteiger partial charge >= 0.3 is 0 Å². The number of Topliss-reactive ketones (excluding diaryl/α,β-unsaturated/α-hetero) is 1. The van der Waals surface area contributed by atoms with E-state index in [9.17, 15) is 4.79 Å². The highest BCUT2D eigenvalue weighted by Gasteiger charge is 2.28. The van der Waals surface area contributed by atoms with Crippen molar-refractivity contribution in [3.8, 4) is 5.75 Å². The fourth-order valence-electron chi connectivity index (χ4n) is 2.56. The first kappa shape index (κ1) is 14.5. The molecule has 1 aliphatic heterocycles. The third-order valence-electron chi connectivity index (χ3n) is 3.66. The van der Waals surface area contributed by atoms with Crippen molar-refractivity contribution in [1.82, 2.24) is 0 Å². The molecule has 1 fully saturated rings. The van der Waals surface area contributed by atoms with Crippen LogP contribution in [0.15, 0.2) is 22.7 Å². The number of ketones is 1. The Balaban J connectivity index is 2.11. The maximum atomic E-state index is 12.4. The standard InChI is InChI=1S/C15H19BrO3/c1-10-9-19-6-5-13(10)14(17)8-11-7-12(16)3-4-15(11)18-2/h3-4,7,10,13H,5-6,8-9H2,1-2H3. The molecule has 3 nitrogen and oxygen atoms in total. The normalized spacial score (nSPS) is 23.1. The second kappa shape index (κ2) is 6.53. The maximum Gasteiger partial charge on any atom is 0.140 e. The number of ether oxygens (including phenoxy) is 2. The predicted octanol–water partition coefficient (Wildman–Crippen LogP) is 3.24. The van der Waals surface area contributed by atoms with E-state index in [2.05, 4.69) is 22.9 Å². The van der Waals surface area contributed by atoms with E-state index in [0.717, 1.165) is 22.2 Å². The van der Waals surface area contributed by atoms with Crippen LogP contribution in [0.1, 0.15) is 18.9 Å². The van der Waals surface area contributed by atoms with Crippen LogP contribution in [0.5, 0.6) is 5.75 Å². The highest BCUT2D eigenvalue weighted by Crippen LogP contribution is 2.28. The van der Waals surface area contributed by atoms with Gasteiger partial charge in [0, 0.05) is 35.6 Å². The first-order valence-corrected chi connectivity index (χ1v) is 7.34. The van der Waals surface area contributed by atoms with Crippen LogP contribution in [0.3, 0.4) is 0 Å². The topological polar surface area (TPSA) is 35.5 Å². The number of hydrogen-bond donors (Lipinski definition) is 0. The molecule has 104 valence electrons. The van der Waals surface area contributed by atoms with Crippen molar-refractivity contribution < 1.29 is 14.3 Å². The summed E-state index contributed by atoms with van der Waals surface area (Å²) in [5, 5.41) is 0. The van der Waals surface area contributed by atoms with Gasteiger partial charge in [-0.3, -0.25) is 4.79 Å². The lowest BCUT2D eigenvalue weighted by atomic mass is 9.84. The van der Waals surface area contributed by atoms with Crippen molar-refractivity contribution in [2.24, 2.45) is 11.8 Å². The molecular formula is C15H19BrO3. The van der Waals surface area contributed by atoms with Gasteiger partial charge in [0.05, 0.1) is 7.11 Å². The van der Waals surface area contributed by atoms with Crippen LogP contribution in [0.25, 0.3) is 0 Å². The van der Waals surface area contributed by atoms with Crippen LogP contribution in [0.4, 0.5) is 0 Å². The van der Waals surface area contributed by atoms with Gasteiger partial charge in [-0.1, -0.05) is 22.9 Å². The monoisotopic (exact) mass is 326 g/mol. The molecule has 0 spiro atoms. The average molecular weight is 327 g/mol. The van der Waals surface area contributed by atoms with Gasteiger partial charge in [0.15, 0.2) is 0 Å². The molecule has 0 N–H and O–H groups in total. The summed E-state index contributed by atoms with van der Waals surface area (Å²) in [6, 6.07) is 5.77. The fraction of sp³-hybridized carbons (Fsp3) is 0.533. The van der Waals surface area contributed by atoms with E-state index in [1.54, 1.807) is 7.11 Å². The number of methoxy groups -OCH3 is 1. The van der Waals surface area contributed by atoms with E-state index in [1.165, 1.54) is 0 Å². The molecule has 0 amide bonds. The van der Waals surface area contributed by atoms with E-state index in [0.29, 0.717) is 25.6 Å². The third-order valence-corrected chi connectivity index (χ3v) is 4.15. The van der Waals surface area contributed by atoms with Crippen molar-refractivity contribution in [3.05, 3.63) is 28.2 Å². The minimum atomic E-state index is 0.109. The van der Waals surface area contributed by atoms with Crippen LogP contribution in [-0.4, -0.2) is 26.1 Å². The Morgan fingerprint density at radius 3 is 3.00 bits per heavy atom. The minimum absolute atomic E-state index is 0.109. The summed E-state index contributed by atoms with van der Waals surface area (Å²) in [5.41, 5.74) is 0.945. The summed E-state index contributed by atoms with van der Waals surface area (Å²) in [6.45, 7) is 3.46. The molecule has 2 atom stereocenters. The summed E-state index contributed by atoms with van der Waals surface area (Å²) in [6.07, 6.45) is 1.26. The zero-order valence-corrected chi connectivity index (χ0v) is 12.9. The van der Waals surface area contributed by atoms with Gasteiger partial charge in [-0.15, -0.1) is 0 Å². The van der Waals surface area contributed by atoms with Gasteiger partial charge in [-0.05, 0) is 30.5 Å². The van der Waals surface area contributed by atoms with Gasteiger partial charge in [-0.25, -0.2) is 0 Å². The van der Waals surface area contributed by atoms with Crippen LogP contribution < -0.4 is 4.74 Å². The van der Waals surface area contributed by atoms with E-state index in [1.807, 2.05) is 18.2 Å². The average Bonchev–Trinajstić information content (AvgIpc) is 2.39. The Hall–Kier alpha value is -0.870. The number of halogens is 1. The molecule has 0 aliphatic carbocycles. The first-order chi connectivity index (χ1) is 9.11. The summed E-state index contributed by atoms with van der Waals surface area (Å²) < 4.78 is 11.7. The Morgan fingerprint density at radius 2 is 2.32 bits per heavy atom. The molecule has 1 saturated heterocycles. The number of carbonyl (C=O) groups is 1. The van der Waals surface area contributed by atoms with Gasteiger partial charge in [0.1, 0.15) is 11.5 Å². The third kappa shape index (κ3) is 3.57. The van der Waals surface area contributed by atoms with Crippen LogP contribution in [0.2, 0.25) is 0 Å². The minimum Gasteiger partial charge on any atom is -0.496 e. The zero-order chi connectivity index (χ0) is 13.8. The van der Waals surface area contributed by atoms with Gasteiger partial charge < -0.3 is 9.47 Å². The van der Waals surface area contributed by atoms with E-state index >= 15 is 0 Å². The second-order valence-electron chi connectivity index (χ2n) is 5.05. The van der Waals surface area contributed by atoms with Crippen LogP contribution in [0, 0.1) is 11.8 Å². The number of hydrogen-bond acceptors (Lipinski definition) is 3. The molecule has 0 saturated carbocycles. The highest BCUT2D eigenvalue weighted by molar-refractivity contribution is 9.10. The largest absolute Gasteiger partial charge is 0.496 e. The predicted molar refractivity (Wildman–Crippen MR) is 77.5 cm³/mol. The Labute approximate surface area is 122 Å². The van der Waals surface area contributed by atoms with Crippen molar-refractivity contribution in [2.75, 3.05) is 20.3 Å². The molecule has 0 bridgehead atoms. The SMILES string of the molecule is COc1ccc(Br)cc1CC(=O)C1CCOCC1C. The molecule has 2 rings (SSSR count). The summed E-state index contributed by atoms with van der Waals surface area (Å²) in [4.78, 5) is 12.4. The van der Waals surface area contributed by atoms with Crippen molar-refractivity contribution in [2.45, 2.75) is 19.8 Å². The highest BCUT2D eigenvalue weighted by atomic mass is 79.9. The van der Waals surface area contributed by atoms with Crippen molar-refractivity contribution in [3.63, 3.8) is 0 Å². The molecule has 1 aromatic rings. The molecule has 4 heteroatoms. The fourth-order valence-corrected chi connectivity index (χ4v) is 2.97. The van der Waals surface area contributed by atoms with Gasteiger partial charge in [-0.2, -0.15) is 0 Å². The van der Waals surface area contributed by atoms with Crippen LogP contribution >= 0.6 is 15.9 Å². The summed E-state index contributed by atoms with van der Waals surface area (Å²) in [7, 11) is 1.63. The second-order valence-corrected chi connectivity index (χ2v) is 5.96. The summed E-state index contributed by atoms with van der Waals surface area (Å²) in [5.74, 6) is 1.47. The molecule has 19 heavy (non-hydrogen) atoms. The molecular weight excluding hydrogens is 308 g/mol. The van der Waals surface area contributed by atoms with Crippen LogP contribution in [-0.2, 0) is 16.0 Å². The lowest BCUT2D eigenvalue weighted by Gasteiger charge is -2.27. The smallest absolute Gasteiger partial charge is 0.140 e. The van der Waals surface area contributed by atoms with Crippen molar-refractivity contribution in [1.29, 1.82) is 0 Å². The van der Waals surface area contributed by atoms with Crippen molar-refractivity contribution >= 4 is 21.7 Å². The van der Waals surface area contributed by atoms with E-state index in [-0.39, 0.29) is 11.7 Å². The molecule has 1 heterocycles. The molecule has 2 unspecified atom stereocenters. The Morgan fingerprint density at radius 1 is 1.53 bits per heavy atom. The molecule has 1 aromatic carbocycles. The van der Waals surface area contributed by atoms with Gasteiger partial charge in [0.2, 0.25) is 0 Å². The molecule has 0 aromatic heterocycles. The number of carbonyl (C=O) groups excluding carboxylic acids is 1. The molecule has 1 aliphatic rings. The zero-order valence-electron chi connectivity index (χ0n) is 11.3. The maximum absolute atomic E-state index is 12.4. The molecule has 0 radical (unpaired) electrons. The van der Waals surface area contributed by atoms with E-state index in [4.69, 9.17) is 9.47 Å². The van der Waals surface area contributed by atoms with Gasteiger partial charge in [0.25, 0.3) is 0 Å².